The predicted molar refractivity (Wildman–Crippen MR) is 143 cm³/mol. The Kier molecular flexibility index (Phi) is 16.9. The molecule has 3 atom stereocenters. The zero-order chi connectivity index (χ0) is 27.0. The maximum Gasteiger partial charge on any atom is 0.246 e. The minimum atomic E-state index is -1.19. The number of carbonyl (C=O) groups is 4. The van der Waals surface area contributed by atoms with Crippen LogP contribution < -0.4 is 16.4 Å². The minimum absolute atomic E-state index is 0.0702. The largest absolute Gasteiger partial charge is 0.392 e. The zero-order valence-electron chi connectivity index (χ0n) is 22.4. The lowest BCUT2D eigenvalue weighted by Gasteiger charge is -2.37. The van der Waals surface area contributed by atoms with Gasteiger partial charge >= 0.3 is 0 Å². The number of hydrogen-bond donors (Lipinski definition) is 5. The molecule has 0 saturated carbocycles. The highest BCUT2D eigenvalue weighted by atomic mass is 32.1. The number of nitrogens with one attached hydrogen (secondary N) is 2. The van der Waals surface area contributed by atoms with Crippen LogP contribution in [0.3, 0.4) is 0 Å². The molecule has 0 aliphatic carbocycles. The molecule has 0 aliphatic heterocycles. The fourth-order valence-corrected chi connectivity index (χ4v) is 4.44. The molecule has 1 unspecified atom stereocenters. The van der Waals surface area contributed by atoms with Gasteiger partial charge in [-0.05, 0) is 37.5 Å². The van der Waals surface area contributed by atoms with E-state index in [1.807, 2.05) is 27.7 Å². The minimum Gasteiger partial charge on any atom is -0.392 e. The van der Waals surface area contributed by atoms with Crippen LogP contribution in [-0.4, -0.2) is 52.0 Å². The summed E-state index contributed by atoms with van der Waals surface area (Å²) < 4.78 is 0. The number of carbonyl (C=O) groups excluding carboxylic acids is 4. The Morgan fingerprint density at radius 3 is 2.14 bits per heavy atom. The molecule has 9 heteroatoms. The maximum atomic E-state index is 13.8. The van der Waals surface area contributed by atoms with Crippen molar-refractivity contribution in [3.05, 3.63) is 0 Å². The number of Topliss-reactive ketones (excluding diaryl/α,β-unsaturated/α-hetero) is 1. The van der Waals surface area contributed by atoms with Crippen LogP contribution in [0.25, 0.3) is 0 Å². The molecule has 0 heterocycles. The molecule has 0 aromatic rings. The van der Waals surface area contributed by atoms with Gasteiger partial charge in [-0.15, -0.1) is 0 Å². The molecule has 3 amide bonds. The first-order valence-electron chi connectivity index (χ1n) is 13.1. The molecule has 0 rings (SSSR count). The van der Waals surface area contributed by atoms with Gasteiger partial charge in [-0.3, -0.25) is 19.2 Å². The van der Waals surface area contributed by atoms with Crippen molar-refractivity contribution in [1.29, 1.82) is 0 Å². The second-order valence-corrected chi connectivity index (χ2v) is 10.9. The molecular formula is C26H49N3O5S. The summed E-state index contributed by atoms with van der Waals surface area (Å²) in [7, 11) is 0. The number of hydrogen-bond acceptors (Lipinski definition) is 6. The monoisotopic (exact) mass is 515 g/mol. The lowest BCUT2D eigenvalue weighted by atomic mass is 9.82. The van der Waals surface area contributed by atoms with Crippen molar-refractivity contribution in [2.45, 2.75) is 123 Å². The van der Waals surface area contributed by atoms with Gasteiger partial charge in [0.1, 0.15) is 5.54 Å². The first-order valence-corrected chi connectivity index (χ1v) is 13.7. The van der Waals surface area contributed by atoms with Crippen molar-refractivity contribution in [2.24, 2.45) is 17.6 Å². The Morgan fingerprint density at radius 2 is 1.63 bits per heavy atom. The highest BCUT2D eigenvalue weighted by Crippen LogP contribution is 2.26. The van der Waals surface area contributed by atoms with E-state index in [4.69, 9.17) is 5.73 Å². The molecule has 5 N–H and O–H groups in total. The van der Waals surface area contributed by atoms with Gasteiger partial charge in [0.15, 0.2) is 5.78 Å². The molecule has 204 valence electrons. The van der Waals surface area contributed by atoms with Crippen LogP contribution in [0, 0.1) is 11.8 Å². The van der Waals surface area contributed by atoms with Crippen LogP contribution in [0.2, 0.25) is 0 Å². The Morgan fingerprint density at radius 1 is 1.00 bits per heavy atom. The number of thiol groups is 1. The van der Waals surface area contributed by atoms with Gasteiger partial charge in [-0.1, -0.05) is 66.7 Å². The standard InChI is InChI=1S/C26H49N3O5S/c1-6-7-8-9-10-13-26(16-19(4)5,29-24(33)12-11-20(30)17-35)25(34)28-21(14-18(2)3)22(31)15-23(27)32/h18-21,30,35H,6-17H2,1-5H3,(H2,27,32)(H,28,34)(H,29,33)/t20?,21-,26-/m0/s1. The van der Waals surface area contributed by atoms with E-state index in [1.54, 1.807) is 0 Å². The van der Waals surface area contributed by atoms with Gasteiger partial charge in [-0.2, -0.15) is 12.6 Å². The van der Waals surface area contributed by atoms with E-state index in [0.29, 0.717) is 19.3 Å². The van der Waals surface area contributed by atoms with Gasteiger partial charge in [-0.25, -0.2) is 0 Å². The third-order valence-electron chi connectivity index (χ3n) is 5.94. The summed E-state index contributed by atoms with van der Waals surface area (Å²) in [6.45, 7) is 9.97. The summed E-state index contributed by atoms with van der Waals surface area (Å²) in [4.78, 5) is 50.7. The molecule has 35 heavy (non-hydrogen) atoms. The third kappa shape index (κ3) is 14.5. The topological polar surface area (TPSA) is 139 Å². The van der Waals surface area contributed by atoms with E-state index in [0.717, 1.165) is 32.1 Å². The van der Waals surface area contributed by atoms with E-state index in [1.165, 1.54) is 0 Å². The number of nitrogens with two attached hydrogens (primary N) is 1. The van der Waals surface area contributed by atoms with Gasteiger partial charge in [0.2, 0.25) is 17.7 Å². The number of rotatable bonds is 20. The van der Waals surface area contributed by atoms with Gasteiger partial charge in [0, 0.05) is 12.2 Å². The van der Waals surface area contributed by atoms with E-state index in [2.05, 4.69) is 30.2 Å². The van der Waals surface area contributed by atoms with Crippen LogP contribution in [0.1, 0.15) is 105 Å². The third-order valence-corrected chi connectivity index (χ3v) is 6.36. The first-order chi connectivity index (χ1) is 16.4. The summed E-state index contributed by atoms with van der Waals surface area (Å²) >= 11 is 4.05. The summed E-state index contributed by atoms with van der Waals surface area (Å²) in [6, 6.07) is -0.857. The Hall–Kier alpha value is -1.61. The molecule has 0 fully saturated rings. The highest BCUT2D eigenvalue weighted by molar-refractivity contribution is 7.80. The molecule has 8 nitrogen and oxygen atoms in total. The van der Waals surface area contributed by atoms with Crippen LogP contribution in [0.5, 0.6) is 0 Å². The smallest absolute Gasteiger partial charge is 0.246 e. The average molecular weight is 516 g/mol. The zero-order valence-corrected chi connectivity index (χ0v) is 23.3. The highest BCUT2D eigenvalue weighted by Gasteiger charge is 2.41. The quantitative estimate of drug-likeness (QED) is 0.0962. The normalized spacial score (nSPS) is 14.9. The molecule has 0 aromatic carbocycles. The molecule has 0 aliphatic rings. The van der Waals surface area contributed by atoms with Crippen molar-refractivity contribution in [3.63, 3.8) is 0 Å². The number of amides is 3. The van der Waals surface area contributed by atoms with E-state index in [-0.39, 0.29) is 36.3 Å². The summed E-state index contributed by atoms with van der Waals surface area (Å²) in [5, 5.41) is 15.6. The van der Waals surface area contributed by atoms with Crippen LogP contribution in [0.4, 0.5) is 0 Å². The molecule has 0 saturated heterocycles. The van der Waals surface area contributed by atoms with Gasteiger partial charge in [0.25, 0.3) is 0 Å². The van der Waals surface area contributed by atoms with Crippen LogP contribution in [0.15, 0.2) is 0 Å². The van der Waals surface area contributed by atoms with Crippen LogP contribution >= 0.6 is 12.6 Å². The Labute approximate surface area is 217 Å². The van der Waals surface area contributed by atoms with Crippen molar-refractivity contribution in [3.8, 4) is 0 Å². The molecule has 0 aromatic heterocycles. The number of ketones is 1. The van der Waals surface area contributed by atoms with E-state index >= 15 is 0 Å². The van der Waals surface area contributed by atoms with Crippen molar-refractivity contribution < 1.29 is 24.3 Å². The second-order valence-electron chi connectivity index (χ2n) is 10.5. The molecule has 0 bridgehead atoms. The predicted octanol–water partition coefficient (Wildman–Crippen LogP) is 3.29. The fraction of sp³-hybridized carbons (Fsp3) is 0.846. The van der Waals surface area contributed by atoms with Crippen molar-refractivity contribution in [2.75, 3.05) is 5.75 Å². The maximum absolute atomic E-state index is 13.8. The molecule has 0 radical (unpaired) electrons. The summed E-state index contributed by atoms with van der Waals surface area (Å²) in [5.41, 5.74) is 4.04. The van der Waals surface area contributed by atoms with Gasteiger partial charge in [0.05, 0.1) is 18.6 Å². The molecule has 0 spiro atoms. The number of primary amides is 1. The second kappa shape index (κ2) is 17.8. The lowest BCUT2D eigenvalue weighted by Crippen LogP contribution is -2.62. The first kappa shape index (κ1) is 33.4. The Balaban J connectivity index is 5.91. The average Bonchev–Trinajstić information content (AvgIpc) is 2.75. The lowest BCUT2D eigenvalue weighted by molar-refractivity contribution is -0.137. The SMILES string of the molecule is CCCCCCC[C@@](CC(C)C)(NC(=O)CCC(O)CS)C(=O)N[C@@H](CC(C)C)C(=O)CC(N)=O. The summed E-state index contributed by atoms with van der Waals surface area (Å²) in [5.74, 6) is -1.44. The van der Waals surface area contributed by atoms with E-state index < -0.39 is 41.7 Å². The fourth-order valence-electron chi connectivity index (χ4n) is 4.26. The number of aliphatic hydroxyl groups is 1. The van der Waals surface area contributed by atoms with Gasteiger partial charge < -0.3 is 21.5 Å². The number of unbranched alkanes of at least 4 members (excludes halogenated alkanes) is 4. The van der Waals surface area contributed by atoms with Crippen molar-refractivity contribution >= 4 is 36.1 Å². The van der Waals surface area contributed by atoms with E-state index in [9.17, 15) is 24.3 Å². The van der Waals surface area contributed by atoms with Crippen LogP contribution in [-0.2, 0) is 19.2 Å². The summed E-state index contributed by atoms with van der Waals surface area (Å²) in [6.07, 6.45) is 5.34. The Bertz CT molecular complexity index is 671. The molecular weight excluding hydrogens is 466 g/mol. The van der Waals surface area contributed by atoms with Crippen molar-refractivity contribution in [1.82, 2.24) is 10.6 Å². The number of aliphatic hydroxyl groups excluding tert-OH is 1.